The van der Waals surface area contributed by atoms with E-state index in [9.17, 15) is 8.78 Å². The van der Waals surface area contributed by atoms with Gasteiger partial charge in [-0.3, -0.25) is 0 Å². The molecule has 0 aliphatic heterocycles. The summed E-state index contributed by atoms with van der Waals surface area (Å²) >= 11 is 4.73. The van der Waals surface area contributed by atoms with Crippen molar-refractivity contribution in [1.29, 1.82) is 0 Å². The molecular formula is C14H18F2N2S. The summed E-state index contributed by atoms with van der Waals surface area (Å²) in [7, 11) is 0. The third-order valence-electron chi connectivity index (χ3n) is 4.12. The van der Waals surface area contributed by atoms with Crippen molar-refractivity contribution in [3.8, 4) is 0 Å². The zero-order chi connectivity index (χ0) is 14.2. The number of rotatable bonds is 3. The molecule has 0 radical (unpaired) electrons. The molecule has 1 saturated carbocycles. The van der Waals surface area contributed by atoms with Gasteiger partial charge in [-0.25, -0.2) is 8.78 Å². The molecule has 1 aliphatic rings. The molecule has 0 spiro atoms. The van der Waals surface area contributed by atoms with E-state index < -0.39 is 11.6 Å². The fraction of sp³-hybridized carbons (Fsp3) is 0.500. The molecule has 2 nitrogen and oxygen atoms in total. The highest BCUT2D eigenvalue weighted by Gasteiger charge is 2.30. The summed E-state index contributed by atoms with van der Waals surface area (Å²) in [5.41, 5.74) is 5.52. The van der Waals surface area contributed by atoms with Crippen LogP contribution < -0.4 is 11.1 Å². The molecule has 0 saturated heterocycles. The number of halogens is 2. The number of hydrogen-bond donors (Lipinski definition) is 2. The van der Waals surface area contributed by atoms with Crippen molar-refractivity contribution in [2.75, 3.05) is 5.32 Å². The van der Waals surface area contributed by atoms with Crippen molar-refractivity contribution in [2.45, 2.75) is 32.7 Å². The van der Waals surface area contributed by atoms with E-state index in [-0.39, 0.29) is 22.3 Å². The number of nitrogens with one attached hydrogen (secondary N) is 1. The van der Waals surface area contributed by atoms with Crippen molar-refractivity contribution in [3.63, 3.8) is 0 Å². The minimum absolute atomic E-state index is 0.00722. The third-order valence-corrected chi connectivity index (χ3v) is 4.36. The molecule has 5 heteroatoms. The Morgan fingerprint density at radius 1 is 1.26 bits per heavy atom. The lowest BCUT2D eigenvalue weighted by Gasteiger charge is -2.21. The maximum absolute atomic E-state index is 13.9. The lowest BCUT2D eigenvalue weighted by atomic mass is 9.97. The zero-order valence-electron chi connectivity index (χ0n) is 11.0. The van der Waals surface area contributed by atoms with Crippen LogP contribution in [0.5, 0.6) is 0 Å². The zero-order valence-corrected chi connectivity index (χ0v) is 11.9. The lowest BCUT2D eigenvalue weighted by molar-refractivity contribution is 0.433. The first-order chi connectivity index (χ1) is 8.90. The summed E-state index contributed by atoms with van der Waals surface area (Å²) in [5.74, 6) is -0.322. The van der Waals surface area contributed by atoms with Gasteiger partial charge in [0.05, 0.1) is 0 Å². The number of anilines is 1. The SMILES string of the molecule is CC1CCC(Nc2c(F)cc(C(N)=S)cc2F)C1C. The van der Waals surface area contributed by atoms with Crippen LogP contribution in [0.1, 0.15) is 32.3 Å². The molecule has 1 aromatic rings. The van der Waals surface area contributed by atoms with Crippen LogP contribution in [0.2, 0.25) is 0 Å². The van der Waals surface area contributed by atoms with E-state index in [1.165, 1.54) is 12.1 Å². The third kappa shape index (κ3) is 2.86. The van der Waals surface area contributed by atoms with Crippen LogP contribution in [-0.4, -0.2) is 11.0 Å². The monoisotopic (exact) mass is 284 g/mol. The average Bonchev–Trinajstić information content (AvgIpc) is 2.65. The molecule has 0 heterocycles. The average molecular weight is 284 g/mol. The standard InChI is InChI=1S/C14H18F2N2S/c1-7-3-4-12(8(7)2)18-13-10(15)5-9(14(17)19)6-11(13)16/h5-8,12,18H,3-4H2,1-2H3,(H2,17,19). The summed E-state index contributed by atoms with van der Waals surface area (Å²) < 4.78 is 27.9. The smallest absolute Gasteiger partial charge is 0.150 e. The fourth-order valence-electron chi connectivity index (χ4n) is 2.61. The van der Waals surface area contributed by atoms with Crippen molar-refractivity contribution >= 4 is 22.9 Å². The summed E-state index contributed by atoms with van der Waals surface area (Å²) in [6, 6.07) is 2.46. The van der Waals surface area contributed by atoms with E-state index >= 15 is 0 Å². The Morgan fingerprint density at radius 2 is 1.84 bits per heavy atom. The van der Waals surface area contributed by atoms with Gasteiger partial charge in [-0.2, -0.15) is 0 Å². The van der Waals surface area contributed by atoms with Crippen LogP contribution in [0.15, 0.2) is 12.1 Å². The maximum atomic E-state index is 13.9. The van der Waals surface area contributed by atoms with Gasteiger partial charge in [0.1, 0.15) is 22.3 Å². The molecule has 104 valence electrons. The molecule has 1 fully saturated rings. The highest BCUT2D eigenvalue weighted by molar-refractivity contribution is 7.80. The second-order valence-corrected chi connectivity index (χ2v) is 5.78. The fourth-order valence-corrected chi connectivity index (χ4v) is 2.72. The van der Waals surface area contributed by atoms with Crippen LogP contribution in [0.4, 0.5) is 14.5 Å². The Hall–Kier alpha value is -1.23. The Kier molecular flexibility index (Phi) is 4.04. The van der Waals surface area contributed by atoms with Crippen LogP contribution in [0.25, 0.3) is 0 Å². The van der Waals surface area contributed by atoms with Gasteiger partial charge in [0.15, 0.2) is 0 Å². The first-order valence-corrected chi connectivity index (χ1v) is 6.86. The van der Waals surface area contributed by atoms with Crippen LogP contribution in [-0.2, 0) is 0 Å². The van der Waals surface area contributed by atoms with Gasteiger partial charge >= 0.3 is 0 Å². The number of nitrogens with two attached hydrogens (primary N) is 1. The normalized spacial score (nSPS) is 26.4. The van der Waals surface area contributed by atoms with Crippen LogP contribution >= 0.6 is 12.2 Å². The quantitative estimate of drug-likeness (QED) is 0.835. The minimum Gasteiger partial charge on any atom is -0.389 e. The molecule has 3 unspecified atom stereocenters. The van der Waals surface area contributed by atoms with E-state index in [4.69, 9.17) is 18.0 Å². The number of hydrogen-bond acceptors (Lipinski definition) is 2. The summed E-state index contributed by atoms with van der Waals surface area (Å²) in [6.07, 6.45) is 2.01. The van der Waals surface area contributed by atoms with Gasteiger partial charge in [-0.1, -0.05) is 26.1 Å². The van der Waals surface area contributed by atoms with E-state index in [0.29, 0.717) is 11.8 Å². The van der Waals surface area contributed by atoms with E-state index in [2.05, 4.69) is 19.2 Å². The summed E-state index contributed by atoms with van der Waals surface area (Å²) in [6.45, 7) is 4.27. The van der Waals surface area contributed by atoms with Gasteiger partial charge in [-0.15, -0.1) is 0 Å². The minimum atomic E-state index is -0.644. The predicted octanol–water partition coefficient (Wildman–Crippen LogP) is 3.45. The second-order valence-electron chi connectivity index (χ2n) is 5.34. The Bertz CT molecular complexity index is 481. The van der Waals surface area contributed by atoms with E-state index in [1.807, 2.05) is 0 Å². The molecule has 2 rings (SSSR count). The topological polar surface area (TPSA) is 38.0 Å². The summed E-state index contributed by atoms with van der Waals surface area (Å²) in [4.78, 5) is -0.00722. The van der Waals surface area contributed by atoms with Gasteiger partial charge in [0.2, 0.25) is 0 Å². The van der Waals surface area contributed by atoms with Crippen LogP contribution in [0, 0.1) is 23.5 Å². The first-order valence-electron chi connectivity index (χ1n) is 6.45. The highest BCUT2D eigenvalue weighted by Crippen LogP contribution is 2.34. The number of thiocarbonyl (C=S) groups is 1. The molecule has 3 N–H and O–H groups in total. The Morgan fingerprint density at radius 3 is 2.26 bits per heavy atom. The molecule has 0 amide bonds. The first kappa shape index (κ1) is 14.2. The second kappa shape index (κ2) is 5.41. The molecular weight excluding hydrogens is 266 g/mol. The molecule has 0 aromatic heterocycles. The largest absolute Gasteiger partial charge is 0.389 e. The molecule has 1 aliphatic carbocycles. The molecule has 19 heavy (non-hydrogen) atoms. The molecule has 0 bridgehead atoms. The molecule has 3 atom stereocenters. The maximum Gasteiger partial charge on any atom is 0.150 e. The van der Waals surface area contributed by atoms with Gasteiger partial charge in [-0.05, 0) is 36.8 Å². The van der Waals surface area contributed by atoms with Crippen molar-refractivity contribution in [2.24, 2.45) is 17.6 Å². The van der Waals surface area contributed by atoms with E-state index in [1.54, 1.807) is 0 Å². The van der Waals surface area contributed by atoms with Crippen molar-refractivity contribution in [3.05, 3.63) is 29.3 Å². The highest BCUT2D eigenvalue weighted by atomic mass is 32.1. The predicted molar refractivity (Wildman–Crippen MR) is 77.2 cm³/mol. The summed E-state index contributed by atoms with van der Waals surface area (Å²) in [5, 5.41) is 2.99. The van der Waals surface area contributed by atoms with Crippen LogP contribution in [0.3, 0.4) is 0 Å². The van der Waals surface area contributed by atoms with Gasteiger partial charge in [0, 0.05) is 11.6 Å². The number of benzene rings is 1. The molecule has 1 aromatic carbocycles. The lowest BCUT2D eigenvalue weighted by Crippen LogP contribution is -2.25. The Balaban J connectivity index is 2.24. The van der Waals surface area contributed by atoms with Crippen molar-refractivity contribution < 1.29 is 8.78 Å². The van der Waals surface area contributed by atoms with Gasteiger partial charge < -0.3 is 11.1 Å². The van der Waals surface area contributed by atoms with E-state index in [0.717, 1.165) is 12.8 Å². The van der Waals surface area contributed by atoms with Crippen molar-refractivity contribution in [1.82, 2.24) is 0 Å². The Labute approximate surface area is 117 Å². The van der Waals surface area contributed by atoms with Gasteiger partial charge in [0.25, 0.3) is 0 Å².